The van der Waals surface area contributed by atoms with Crippen LogP contribution >= 0.6 is 0 Å². The zero-order valence-corrected chi connectivity index (χ0v) is 10.5. The minimum absolute atomic E-state index is 0.275. The van der Waals surface area contributed by atoms with Crippen LogP contribution < -0.4 is 4.74 Å². The number of rotatable bonds is 2. The van der Waals surface area contributed by atoms with Crippen molar-refractivity contribution in [3.63, 3.8) is 0 Å². The summed E-state index contributed by atoms with van der Waals surface area (Å²) in [7, 11) is 0. The molecule has 0 spiro atoms. The average Bonchev–Trinajstić information content (AvgIpc) is 2.64. The zero-order chi connectivity index (χ0) is 13.5. The van der Waals surface area contributed by atoms with E-state index in [1.165, 1.54) is 6.07 Å². The first kappa shape index (κ1) is 12.8. The van der Waals surface area contributed by atoms with Crippen LogP contribution in [0.25, 0.3) is 0 Å². The first-order chi connectivity index (χ1) is 8.97. The van der Waals surface area contributed by atoms with Crippen molar-refractivity contribution in [1.82, 2.24) is 4.90 Å². The highest BCUT2D eigenvalue weighted by Gasteiger charge is 2.43. The molecule has 1 aromatic carbocycles. The number of hydrogen-bond acceptors (Lipinski definition) is 2. The van der Waals surface area contributed by atoms with Gasteiger partial charge in [0.2, 0.25) is 0 Å². The lowest BCUT2D eigenvalue weighted by molar-refractivity contribution is -0.137. The molecule has 2 atom stereocenters. The summed E-state index contributed by atoms with van der Waals surface area (Å²) in [6, 6.07) is 5.20. The van der Waals surface area contributed by atoms with Gasteiger partial charge in [0, 0.05) is 19.5 Å². The molecular weight excluding hydrogens is 255 g/mol. The smallest absolute Gasteiger partial charge is 0.416 e. The molecule has 0 aliphatic carbocycles. The van der Waals surface area contributed by atoms with Crippen LogP contribution in [-0.4, -0.2) is 30.1 Å². The summed E-state index contributed by atoms with van der Waals surface area (Å²) in [5.74, 6) is 0.332. The summed E-state index contributed by atoms with van der Waals surface area (Å²) >= 11 is 0. The van der Waals surface area contributed by atoms with Gasteiger partial charge in [-0.3, -0.25) is 4.90 Å². The normalized spacial score (nSPS) is 30.4. The maximum absolute atomic E-state index is 12.7. The Hall–Kier alpha value is -1.23. The number of hydrogen-bond donors (Lipinski definition) is 0. The van der Waals surface area contributed by atoms with E-state index in [1.807, 2.05) is 0 Å². The van der Waals surface area contributed by atoms with Crippen LogP contribution in [0.2, 0.25) is 0 Å². The molecule has 104 valence electrons. The van der Waals surface area contributed by atoms with Crippen molar-refractivity contribution in [3.8, 4) is 5.75 Å². The Balaban J connectivity index is 1.80. The molecule has 0 amide bonds. The minimum atomic E-state index is -4.31. The highest BCUT2D eigenvalue weighted by Crippen LogP contribution is 2.37. The highest BCUT2D eigenvalue weighted by molar-refractivity contribution is 5.31. The van der Waals surface area contributed by atoms with Gasteiger partial charge in [0.05, 0.1) is 5.56 Å². The molecule has 2 heterocycles. The van der Waals surface area contributed by atoms with Crippen molar-refractivity contribution >= 4 is 0 Å². The molecule has 19 heavy (non-hydrogen) atoms. The largest absolute Gasteiger partial charge is 0.486 e. The molecule has 1 aromatic rings. The second kappa shape index (κ2) is 4.40. The van der Waals surface area contributed by atoms with E-state index in [4.69, 9.17) is 4.74 Å². The van der Waals surface area contributed by atoms with Crippen LogP contribution in [-0.2, 0) is 6.18 Å². The van der Waals surface area contributed by atoms with Crippen LogP contribution in [0.4, 0.5) is 13.2 Å². The van der Waals surface area contributed by atoms with Crippen LogP contribution in [0.5, 0.6) is 5.75 Å². The van der Waals surface area contributed by atoms with E-state index in [0.29, 0.717) is 5.75 Å². The third-order valence-electron chi connectivity index (χ3n) is 4.00. The minimum Gasteiger partial charge on any atom is -0.486 e. The molecule has 0 aromatic heterocycles. The Labute approximate surface area is 110 Å². The molecule has 0 saturated carbocycles. The summed E-state index contributed by atoms with van der Waals surface area (Å²) in [5.41, 5.74) is -0.922. The van der Waals surface area contributed by atoms with Gasteiger partial charge in [0.1, 0.15) is 11.4 Å². The molecule has 2 bridgehead atoms. The summed E-state index contributed by atoms with van der Waals surface area (Å²) < 4.78 is 43.9. The number of benzene rings is 1. The van der Waals surface area contributed by atoms with E-state index in [9.17, 15) is 13.2 Å². The fourth-order valence-electron chi connectivity index (χ4n) is 3.07. The van der Waals surface area contributed by atoms with E-state index in [1.54, 1.807) is 6.07 Å². The topological polar surface area (TPSA) is 12.5 Å². The predicted octanol–water partition coefficient (Wildman–Crippen LogP) is 3.32. The Morgan fingerprint density at radius 3 is 2.79 bits per heavy atom. The second-order valence-electron chi connectivity index (χ2n) is 5.44. The van der Waals surface area contributed by atoms with Crippen molar-refractivity contribution in [3.05, 3.63) is 29.8 Å². The third-order valence-corrected chi connectivity index (χ3v) is 4.00. The van der Waals surface area contributed by atoms with Crippen molar-refractivity contribution in [1.29, 1.82) is 0 Å². The van der Waals surface area contributed by atoms with Crippen molar-refractivity contribution < 1.29 is 17.9 Å². The van der Waals surface area contributed by atoms with E-state index < -0.39 is 11.7 Å². The summed E-state index contributed by atoms with van der Waals surface area (Å²) in [4.78, 5) is 2.32. The zero-order valence-electron chi connectivity index (χ0n) is 10.5. The van der Waals surface area contributed by atoms with Gasteiger partial charge < -0.3 is 4.74 Å². The number of fused-ring (bicyclic) bond motifs is 2. The lowest BCUT2D eigenvalue weighted by Crippen LogP contribution is -2.43. The van der Waals surface area contributed by atoms with Crippen molar-refractivity contribution in [2.45, 2.75) is 31.0 Å². The fraction of sp³-hybridized carbons (Fsp3) is 0.571. The van der Waals surface area contributed by atoms with Gasteiger partial charge in [-0.15, -0.1) is 0 Å². The number of alkyl halides is 3. The lowest BCUT2D eigenvalue weighted by atomic mass is 9.94. The Bertz CT molecular complexity index is 470. The molecule has 0 N–H and O–H groups in total. The van der Waals surface area contributed by atoms with Crippen LogP contribution in [0.3, 0.4) is 0 Å². The van der Waals surface area contributed by atoms with E-state index in [-0.39, 0.29) is 5.60 Å². The number of piperidine rings is 1. The van der Waals surface area contributed by atoms with Gasteiger partial charge in [0.25, 0.3) is 0 Å². The third kappa shape index (κ3) is 2.56. The quantitative estimate of drug-likeness (QED) is 0.818. The molecule has 2 saturated heterocycles. The second-order valence-corrected chi connectivity index (χ2v) is 5.44. The molecule has 2 fully saturated rings. The Morgan fingerprint density at radius 2 is 2.00 bits per heavy atom. The molecule has 2 aliphatic rings. The number of nitrogens with zero attached hydrogens (tertiary/aromatic N) is 1. The molecule has 5 heteroatoms. The summed E-state index contributed by atoms with van der Waals surface area (Å²) in [6.07, 6.45) is -1.42. The molecule has 3 rings (SSSR count). The van der Waals surface area contributed by atoms with Crippen molar-refractivity contribution in [2.75, 3.05) is 19.6 Å². The maximum atomic E-state index is 12.7. The van der Waals surface area contributed by atoms with Crippen molar-refractivity contribution in [2.24, 2.45) is 0 Å². The first-order valence-electron chi connectivity index (χ1n) is 6.56. The number of halogens is 3. The fourth-order valence-corrected chi connectivity index (χ4v) is 3.07. The van der Waals surface area contributed by atoms with Gasteiger partial charge in [-0.1, -0.05) is 6.07 Å². The molecule has 2 aliphatic heterocycles. The molecule has 2 nitrogen and oxygen atoms in total. The van der Waals surface area contributed by atoms with E-state index >= 15 is 0 Å². The molecule has 1 unspecified atom stereocenters. The Kier molecular flexibility index (Phi) is 2.96. The van der Waals surface area contributed by atoms with E-state index in [0.717, 1.165) is 51.0 Å². The van der Waals surface area contributed by atoms with Gasteiger partial charge in [0.15, 0.2) is 0 Å². The average molecular weight is 271 g/mol. The highest BCUT2D eigenvalue weighted by atomic mass is 19.4. The van der Waals surface area contributed by atoms with Gasteiger partial charge in [-0.2, -0.15) is 13.2 Å². The summed E-state index contributed by atoms with van der Waals surface area (Å²) in [5, 5.41) is 0. The van der Waals surface area contributed by atoms with Gasteiger partial charge in [-0.25, -0.2) is 0 Å². The standard InChI is InChI=1S/C14H16F3NO/c15-14(16,17)11-3-1-4-12(9-11)19-13-5-2-7-18(10-13)8-6-13/h1,3-4,9H,2,5-8,10H2/t13-/m0/s1. The van der Waals surface area contributed by atoms with Crippen LogP contribution in [0, 0.1) is 0 Å². The lowest BCUT2D eigenvalue weighted by Gasteiger charge is -2.34. The number of ether oxygens (including phenoxy) is 1. The predicted molar refractivity (Wildman–Crippen MR) is 65.1 cm³/mol. The molecule has 0 radical (unpaired) electrons. The van der Waals surface area contributed by atoms with Crippen LogP contribution in [0.1, 0.15) is 24.8 Å². The Morgan fingerprint density at radius 1 is 1.16 bits per heavy atom. The van der Waals surface area contributed by atoms with E-state index in [2.05, 4.69) is 4.90 Å². The monoisotopic (exact) mass is 271 g/mol. The van der Waals surface area contributed by atoms with Gasteiger partial charge >= 0.3 is 6.18 Å². The van der Waals surface area contributed by atoms with Crippen LogP contribution in [0.15, 0.2) is 24.3 Å². The SMILES string of the molecule is FC(F)(F)c1cccc(O[C@@]23CCCN(CC2)C3)c1. The molecular formula is C14H16F3NO. The maximum Gasteiger partial charge on any atom is 0.416 e. The summed E-state index contributed by atoms with van der Waals surface area (Å²) in [6.45, 7) is 2.90. The van der Waals surface area contributed by atoms with Gasteiger partial charge in [-0.05, 0) is 37.6 Å². The first-order valence-corrected chi connectivity index (χ1v) is 6.56.